The van der Waals surface area contributed by atoms with Crippen molar-refractivity contribution in [2.75, 3.05) is 23.4 Å². The number of allylic oxidation sites excluding steroid dienone is 2. The predicted molar refractivity (Wildman–Crippen MR) is 132 cm³/mol. The molecule has 4 nitrogen and oxygen atoms in total. The number of nitrogens with zero attached hydrogens (tertiary/aromatic N) is 2. The lowest BCUT2D eigenvalue weighted by Gasteiger charge is -2.19. The molecule has 1 fully saturated rings. The molecule has 1 aromatic carbocycles. The van der Waals surface area contributed by atoms with Crippen LogP contribution in [0, 0.1) is 0 Å². The Morgan fingerprint density at radius 1 is 1.13 bits per heavy atom. The number of carbonyl (C=O) groups is 1. The van der Waals surface area contributed by atoms with E-state index in [0.29, 0.717) is 18.0 Å². The summed E-state index contributed by atoms with van der Waals surface area (Å²) in [6.07, 6.45) is 6.26. The summed E-state index contributed by atoms with van der Waals surface area (Å²) in [4.78, 5) is 20.0. The average molecular weight is 434 g/mol. The molecule has 1 N–H and O–H groups in total. The predicted octanol–water partition coefficient (Wildman–Crippen LogP) is 5.67. The number of hydrogen-bond acceptors (Lipinski definition) is 4. The molecule has 0 bridgehead atoms. The van der Waals surface area contributed by atoms with Crippen LogP contribution in [0.25, 0.3) is 0 Å². The molecule has 0 atom stereocenters. The van der Waals surface area contributed by atoms with Crippen LogP contribution in [0.4, 0.5) is 5.69 Å². The molecule has 3 aliphatic rings. The van der Waals surface area contributed by atoms with Gasteiger partial charge in [0.05, 0.1) is 17.8 Å². The van der Waals surface area contributed by atoms with Crippen molar-refractivity contribution < 1.29 is 4.79 Å². The van der Waals surface area contributed by atoms with Gasteiger partial charge >= 0.3 is 0 Å². The lowest BCUT2D eigenvalue weighted by molar-refractivity contribution is -0.126. The molecule has 0 radical (unpaired) electrons. The molecule has 0 unspecified atom stereocenters. The fourth-order valence-electron chi connectivity index (χ4n) is 4.01. The minimum Gasteiger partial charge on any atom is -0.340 e. The Bertz CT molecular complexity index is 1020. The minimum absolute atomic E-state index is 0.0394. The Morgan fingerprint density at radius 3 is 2.61 bits per heavy atom. The zero-order valence-corrected chi connectivity index (χ0v) is 19.7. The first-order valence-corrected chi connectivity index (χ1v) is 12.3. The van der Waals surface area contributed by atoms with E-state index in [4.69, 9.17) is 4.99 Å². The van der Waals surface area contributed by atoms with E-state index < -0.39 is 0 Å². The lowest BCUT2D eigenvalue weighted by atomic mass is 10.0. The van der Waals surface area contributed by atoms with Gasteiger partial charge in [-0.3, -0.25) is 4.79 Å². The van der Waals surface area contributed by atoms with E-state index >= 15 is 0 Å². The van der Waals surface area contributed by atoms with Gasteiger partial charge in [0.25, 0.3) is 5.91 Å². The quantitative estimate of drug-likeness (QED) is 0.608. The smallest absolute Gasteiger partial charge is 0.262 e. The van der Waals surface area contributed by atoms with E-state index in [0.717, 1.165) is 47.1 Å². The van der Waals surface area contributed by atoms with Crippen molar-refractivity contribution in [3.8, 4) is 0 Å². The first kappa shape index (κ1) is 21.7. The van der Waals surface area contributed by atoms with Crippen molar-refractivity contribution in [2.24, 2.45) is 4.99 Å². The highest BCUT2D eigenvalue weighted by Gasteiger charge is 2.35. The number of benzene rings is 1. The molecular formula is C26H31N3OS. The standard InChI is InChI=1S/C26H31N3OS/c1-17(2)19-7-9-21(10-8-19)27-25-23-16-29(18(3)4)26(30)22(23)11-12-24(28-25)20-6-5-14-31-15-13-20/h6-10,12,17-18,27H,5,13-16H2,1-4H3. The van der Waals surface area contributed by atoms with Crippen molar-refractivity contribution in [1.82, 2.24) is 4.90 Å². The molecule has 1 aromatic rings. The van der Waals surface area contributed by atoms with Gasteiger partial charge in [-0.2, -0.15) is 11.8 Å². The molecule has 0 aliphatic carbocycles. The number of thioether (sulfide) groups is 1. The SMILES string of the molecule is CC(C)c1ccc(NC2=C3CN(C(C)C)C(=O)C3=C=CC(C3=CCCSCC3)=N2)cc1. The highest BCUT2D eigenvalue weighted by molar-refractivity contribution is 7.99. The summed E-state index contributed by atoms with van der Waals surface area (Å²) >= 11 is 1.98. The maximum atomic E-state index is 13.1. The van der Waals surface area contributed by atoms with E-state index in [1.165, 1.54) is 11.1 Å². The molecule has 0 saturated carbocycles. The number of fused-ring (bicyclic) bond motifs is 1. The topological polar surface area (TPSA) is 44.7 Å². The molecular weight excluding hydrogens is 402 g/mol. The van der Waals surface area contributed by atoms with Crippen molar-refractivity contribution in [1.29, 1.82) is 0 Å². The summed E-state index contributed by atoms with van der Waals surface area (Å²) in [7, 11) is 0. The first-order chi connectivity index (χ1) is 14.9. The van der Waals surface area contributed by atoms with Gasteiger partial charge in [-0.25, -0.2) is 4.99 Å². The maximum absolute atomic E-state index is 13.1. The Hall–Kier alpha value is -2.49. The Balaban J connectivity index is 1.75. The van der Waals surface area contributed by atoms with Crippen LogP contribution < -0.4 is 5.32 Å². The average Bonchev–Trinajstić information content (AvgIpc) is 2.92. The zero-order chi connectivity index (χ0) is 22.0. The molecule has 31 heavy (non-hydrogen) atoms. The van der Waals surface area contributed by atoms with Gasteiger partial charge in [-0.05, 0) is 67.4 Å². The number of rotatable bonds is 5. The highest BCUT2D eigenvalue weighted by Crippen LogP contribution is 2.31. The van der Waals surface area contributed by atoms with Gasteiger partial charge in [0.2, 0.25) is 0 Å². The summed E-state index contributed by atoms with van der Waals surface area (Å²) in [5.74, 6) is 3.54. The van der Waals surface area contributed by atoms with Crippen LogP contribution in [0.2, 0.25) is 0 Å². The second kappa shape index (κ2) is 9.33. The van der Waals surface area contributed by atoms with Crippen LogP contribution in [0.1, 0.15) is 52.0 Å². The fourth-order valence-corrected chi connectivity index (χ4v) is 4.86. The van der Waals surface area contributed by atoms with Crippen LogP contribution in [0.5, 0.6) is 0 Å². The largest absolute Gasteiger partial charge is 0.340 e. The molecule has 0 aromatic heterocycles. The Kier molecular flexibility index (Phi) is 6.54. The number of aliphatic imine (C=N–C) groups is 1. The van der Waals surface area contributed by atoms with E-state index in [2.05, 4.69) is 55.2 Å². The zero-order valence-electron chi connectivity index (χ0n) is 18.9. The highest BCUT2D eigenvalue weighted by atomic mass is 32.2. The van der Waals surface area contributed by atoms with Crippen molar-refractivity contribution >= 4 is 29.1 Å². The number of likely N-dealkylation sites (tertiary alicyclic amines) is 1. The van der Waals surface area contributed by atoms with Crippen molar-refractivity contribution in [3.05, 3.63) is 70.3 Å². The summed E-state index contributed by atoms with van der Waals surface area (Å²) in [5, 5.41) is 3.52. The van der Waals surface area contributed by atoms with Gasteiger partial charge in [0.1, 0.15) is 5.82 Å². The van der Waals surface area contributed by atoms with Crippen LogP contribution in [0.3, 0.4) is 0 Å². The van der Waals surface area contributed by atoms with E-state index in [1.54, 1.807) is 0 Å². The van der Waals surface area contributed by atoms with E-state index in [1.807, 2.05) is 36.6 Å². The molecule has 162 valence electrons. The number of carbonyl (C=O) groups excluding carboxylic acids is 1. The van der Waals surface area contributed by atoms with Crippen molar-refractivity contribution in [2.45, 2.75) is 52.5 Å². The van der Waals surface area contributed by atoms with Gasteiger partial charge < -0.3 is 10.2 Å². The number of nitrogens with one attached hydrogen (secondary N) is 1. The monoisotopic (exact) mass is 433 g/mol. The lowest BCUT2D eigenvalue weighted by Crippen LogP contribution is -2.32. The second-order valence-electron chi connectivity index (χ2n) is 8.80. The second-order valence-corrected chi connectivity index (χ2v) is 10.0. The van der Waals surface area contributed by atoms with E-state index in [9.17, 15) is 4.79 Å². The Morgan fingerprint density at radius 2 is 1.90 bits per heavy atom. The summed E-state index contributed by atoms with van der Waals surface area (Å²) < 4.78 is 0. The summed E-state index contributed by atoms with van der Waals surface area (Å²) in [6, 6.07) is 8.63. The van der Waals surface area contributed by atoms with Gasteiger partial charge in [-0.1, -0.05) is 32.1 Å². The van der Waals surface area contributed by atoms with Gasteiger partial charge in [-0.15, -0.1) is 5.73 Å². The van der Waals surface area contributed by atoms with Crippen LogP contribution in [-0.2, 0) is 4.79 Å². The molecule has 1 amide bonds. The first-order valence-electron chi connectivity index (χ1n) is 11.2. The third-order valence-electron chi connectivity index (χ3n) is 5.94. The Labute approximate surface area is 189 Å². The summed E-state index contributed by atoms with van der Waals surface area (Å²) in [5.41, 5.74) is 9.34. The molecule has 3 aliphatic heterocycles. The van der Waals surface area contributed by atoms with Crippen LogP contribution in [-0.4, -0.2) is 40.6 Å². The molecule has 4 rings (SSSR count). The van der Waals surface area contributed by atoms with E-state index in [-0.39, 0.29) is 11.9 Å². The molecule has 3 heterocycles. The number of anilines is 1. The maximum Gasteiger partial charge on any atom is 0.262 e. The van der Waals surface area contributed by atoms with Gasteiger partial charge in [0, 0.05) is 23.4 Å². The molecule has 1 saturated heterocycles. The number of amides is 1. The van der Waals surface area contributed by atoms with Crippen LogP contribution >= 0.6 is 11.8 Å². The minimum atomic E-state index is 0.0394. The molecule has 0 spiro atoms. The third-order valence-corrected chi connectivity index (χ3v) is 6.95. The van der Waals surface area contributed by atoms with Gasteiger partial charge in [0.15, 0.2) is 0 Å². The summed E-state index contributed by atoms with van der Waals surface area (Å²) in [6.45, 7) is 9.05. The third kappa shape index (κ3) is 4.73. The molecule has 5 heteroatoms. The van der Waals surface area contributed by atoms with Crippen LogP contribution in [0.15, 0.2) is 69.7 Å². The number of hydrogen-bond donors (Lipinski definition) is 1. The fraction of sp³-hybridized carbons (Fsp3) is 0.423. The van der Waals surface area contributed by atoms with Crippen molar-refractivity contribution in [3.63, 3.8) is 0 Å². The normalized spacial score (nSPS) is 19.2.